The average molecular weight is 207 g/mol. The smallest absolute Gasteiger partial charge is 0.358 e. The van der Waals surface area contributed by atoms with Gasteiger partial charge in [0.25, 0.3) is 0 Å². The summed E-state index contributed by atoms with van der Waals surface area (Å²) in [6.45, 7) is 0. The minimum absolute atomic E-state index is 0.00407. The van der Waals surface area contributed by atoms with Crippen LogP contribution in [0.5, 0.6) is 5.75 Å². The Morgan fingerprint density at radius 2 is 2.20 bits per heavy atom. The molecule has 4 nitrogen and oxygen atoms in total. The molecule has 80 valence electrons. The number of pyridine rings is 1. The molecular formula is C11H13NO3. The van der Waals surface area contributed by atoms with E-state index in [1.54, 1.807) is 12.1 Å². The van der Waals surface area contributed by atoms with Crippen LogP contribution in [0.25, 0.3) is 0 Å². The molecule has 1 saturated carbocycles. The van der Waals surface area contributed by atoms with Crippen LogP contribution in [0.15, 0.2) is 18.3 Å². The molecule has 0 unspecified atom stereocenters. The summed E-state index contributed by atoms with van der Waals surface area (Å²) in [5, 5.41) is 8.90. The average Bonchev–Trinajstić information content (AvgIpc) is 2.71. The molecule has 1 heterocycles. The highest BCUT2D eigenvalue weighted by molar-refractivity contribution is 5.88. The van der Waals surface area contributed by atoms with Gasteiger partial charge in [-0.25, -0.2) is 9.78 Å². The zero-order valence-electron chi connectivity index (χ0n) is 8.35. The van der Waals surface area contributed by atoms with Crippen LogP contribution in [-0.4, -0.2) is 22.2 Å². The molecule has 0 radical (unpaired) electrons. The Morgan fingerprint density at radius 3 is 2.87 bits per heavy atom. The van der Waals surface area contributed by atoms with E-state index in [1.165, 1.54) is 6.20 Å². The van der Waals surface area contributed by atoms with E-state index in [9.17, 15) is 4.79 Å². The molecule has 0 aliphatic heterocycles. The topological polar surface area (TPSA) is 59.4 Å². The maximum absolute atomic E-state index is 10.9. The molecule has 1 aliphatic carbocycles. The van der Waals surface area contributed by atoms with Crippen LogP contribution in [0, 0.1) is 0 Å². The van der Waals surface area contributed by atoms with Gasteiger partial charge in [0.2, 0.25) is 0 Å². The fourth-order valence-electron chi connectivity index (χ4n) is 1.83. The van der Waals surface area contributed by atoms with Gasteiger partial charge in [-0.1, -0.05) is 0 Å². The largest absolute Gasteiger partial charge is 0.488 e. The van der Waals surface area contributed by atoms with Crippen molar-refractivity contribution in [3.8, 4) is 5.75 Å². The highest BCUT2D eigenvalue weighted by atomic mass is 16.5. The van der Waals surface area contributed by atoms with Gasteiger partial charge in [0, 0.05) is 6.20 Å². The lowest BCUT2D eigenvalue weighted by atomic mass is 10.3. The number of ether oxygens (including phenoxy) is 1. The zero-order valence-corrected chi connectivity index (χ0v) is 8.35. The summed E-state index contributed by atoms with van der Waals surface area (Å²) < 4.78 is 5.62. The SMILES string of the molecule is O=C(O)c1ncccc1OC1CCCC1. The van der Waals surface area contributed by atoms with E-state index in [0.717, 1.165) is 25.7 Å². The third-order valence-electron chi connectivity index (χ3n) is 2.57. The molecule has 0 aromatic carbocycles. The maximum Gasteiger partial charge on any atom is 0.358 e. The molecule has 0 bridgehead atoms. The molecule has 1 fully saturated rings. The molecule has 1 aromatic heterocycles. The van der Waals surface area contributed by atoms with Gasteiger partial charge in [-0.05, 0) is 37.8 Å². The van der Waals surface area contributed by atoms with Gasteiger partial charge in [0.15, 0.2) is 11.4 Å². The van der Waals surface area contributed by atoms with Crippen molar-refractivity contribution < 1.29 is 14.6 Å². The van der Waals surface area contributed by atoms with Crippen molar-refractivity contribution in [3.63, 3.8) is 0 Å². The van der Waals surface area contributed by atoms with E-state index in [-0.39, 0.29) is 11.8 Å². The number of carboxylic acid groups (broad SMARTS) is 1. The van der Waals surface area contributed by atoms with Crippen LogP contribution in [0.1, 0.15) is 36.2 Å². The predicted octanol–water partition coefficient (Wildman–Crippen LogP) is 2.10. The van der Waals surface area contributed by atoms with E-state index in [0.29, 0.717) is 5.75 Å². The number of carboxylic acids is 1. The van der Waals surface area contributed by atoms with Gasteiger partial charge < -0.3 is 9.84 Å². The number of aromatic carboxylic acids is 1. The Balaban J connectivity index is 2.15. The third-order valence-corrected chi connectivity index (χ3v) is 2.57. The summed E-state index contributed by atoms with van der Waals surface area (Å²) in [4.78, 5) is 14.6. The number of aromatic nitrogens is 1. The van der Waals surface area contributed by atoms with E-state index in [2.05, 4.69) is 4.98 Å². The van der Waals surface area contributed by atoms with Crippen molar-refractivity contribution in [1.29, 1.82) is 0 Å². The number of nitrogens with zero attached hydrogens (tertiary/aromatic N) is 1. The van der Waals surface area contributed by atoms with E-state index in [1.807, 2.05) is 0 Å². The molecule has 1 aliphatic rings. The Morgan fingerprint density at radius 1 is 1.47 bits per heavy atom. The second kappa shape index (κ2) is 4.29. The van der Waals surface area contributed by atoms with Crippen LogP contribution < -0.4 is 4.74 Å². The lowest BCUT2D eigenvalue weighted by Crippen LogP contribution is -2.14. The predicted molar refractivity (Wildman–Crippen MR) is 54.1 cm³/mol. The minimum atomic E-state index is -1.04. The summed E-state index contributed by atoms with van der Waals surface area (Å²) in [5.74, 6) is -0.652. The van der Waals surface area contributed by atoms with Gasteiger partial charge in [-0.2, -0.15) is 0 Å². The number of hydrogen-bond donors (Lipinski definition) is 1. The Hall–Kier alpha value is -1.58. The molecule has 0 atom stereocenters. The lowest BCUT2D eigenvalue weighted by molar-refractivity contribution is 0.0682. The highest BCUT2D eigenvalue weighted by Gasteiger charge is 2.20. The van der Waals surface area contributed by atoms with E-state index < -0.39 is 5.97 Å². The first-order valence-corrected chi connectivity index (χ1v) is 5.12. The van der Waals surface area contributed by atoms with Crippen LogP contribution in [0.2, 0.25) is 0 Å². The van der Waals surface area contributed by atoms with Crippen LogP contribution in [-0.2, 0) is 0 Å². The van der Waals surface area contributed by atoms with Gasteiger partial charge in [0.05, 0.1) is 6.10 Å². The highest BCUT2D eigenvalue weighted by Crippen LogP contribution is 2.25. The van der Waals surface area contributed by atoms with Crippen molar-refractivity contribution in [2.45, 2.75) is 31.8 Å². The van der Waals surface area contributed by atoms with Crippen molar-refractivity contribution in [2.24, 2.45) is 0 Å². The first-order valence-electron chi connectivity index (χ1n) is 5.12. The van der Waals surface area contributed by atoms with Gasteiger partial charge >= 0.3 is 5.97 Å². The van der Waals surface area contributed by atoms with E-state index >= 15 is 0 Å². The van der Waals surface area contributed by atoms with Crippen molar-refractivity contribution in [2.75, 3.05) is 0 Å². The van der Waals surface area contributed by atoms with Crippen LogP contribution in [0.3, 0.4) is 0 Å². The third kappa shape index (κ3) is 2.26. The molecule has 0 amide bonds. The minimum Gasteiger partial charge on any atom is -0.488 e. The first-order chi connectivity index (χ1) is 7.27. The Kier molecular flexibility index (Phi) is 2.85. The molecule has 1 aromatic rings. The van der Waals surface area contributed by atoms with Crippen LogP contribution in [0.4, 0.5) is 0 Å². The summed E-state index contributed by atoms with van der Waals surface area (Å²) in [7, 11) is 0. The van der Waals surface area contributed by atoms with Gasteiger partial charge in [-0.15, -0.1) is 0 Å². The fraction of sp³-hybridized carbons (Fsp3) is 0.455. The standard InChI is InChI=1S/C11H13NO3/c13-11(14)10-9(6-3-7-12-10)15-8-4-1-2-5-8/h3,6-8H,1-2,4-5H2,(H,13,14). The molecule has 2 rings (SSSR count). The molecule has 1 N–H and O–H groups in total. The molecule has 0 spiro atoms. The summed E-state index contributed by atoms with van der Waals surface area (Å²) in [6, 6.07) is 3.35. The maximum atomic E-state index is 10.9. The number of hydrogen-bond acceptors (Lipinski definition) is 3. The van der Waals surface area contributed by atoms with Gasteiger partial charge in [0.1, 0.15) is 0 Å². The molecular weight excluding hydrogens is 194 g/mol. The van der Waals surface area contributed by atoms with Crippen molar-refractivity contribution in [3.05, 3.63) is 24.0 Å². The fourth-order valence-corrected chi connectivity index (χ4v) is 1.83. The molecule has 15 heavy (non-hydrogen) atoms. The Labute approximate surface area is 87.9 Å². The van der Waals surface area contributed by atoms with Crippen LogP contribution >= 0.6 is 0 Å². The molecule has 0 saturated heterocycles. The number of carbonyl (C=O) groups is 1. The number of rotatable bonds is 3. The zero-order chi connectivity index (χ0) is 10.7. The second-order valence-corrected chi connectivity index (χ2v) is 3.68. The quantitative estimate of drug-likeness (QED) is 0.824. The monoisotopic (exact) mass is 207 g/mol. The van der Waals surface area contributed by atoms with Crippen molar-refractivity contribution >= 4 is 5.97 Å². The summed E-state index contributed by atoms with van der Waals surface area (Å²) in [6.07, 6.45) is 5.96. The normalized spacial score (nSPS) is 16.5. The first kappa shape index (κ1) is 9.96. The van der Waals surface area contributed by atoms with Crippen molar-refractivity contribution in [1.82, 2.24) is 4.98 Å². The summed E-state index contributed by atoms with van der Waals surface area (Å²) >= 11 is 0. The Bertz CT molecular complexity index is 359. The second-order valence-electron chi connectivity index (χ2n) is 3.68. The molecule has 4 heteroatoms. The van der Waals surface area contributed by atoms with Gasteiger partial charge in [-0.3, -0.25) is 0 Å². The summed E-state index contributed by atoms with van der Waals surface area (Å²) in [5.41, 5.74) is 0.00407. The lowest BCUT2D eigenvalue weighted by Gasteiger charge is -2.13. The van der Waals surface area contributed by atoms with E-state index in [4.69, 9.17) is 9.84 Å².